The van der Waals surface area contributed by atoms with Crippen molar-refractivity contribution < 1.29 is 0 Å². The molecule has 36 heavy (non-hydrogen) atoms. The van der Waals surface area contributed by atoms with Crippen molar-refractivity contribution in [1.82, 2.24) is 20.5 Å². The molecule has 1 atom stereocenters. The molecule has 1 unspecified atom stereocenters. The Bertz CT molecular complexity index is 1430. The average molecular weight is 479 g/mol. The number of nitrogens with one attached hydrogen (secondary N) is 4. The van der Waals surface area contributed by atoms with Gasteiger partial charge in [0.2, 0.25) is 0 Å². The summed E-state index contributed by atoms with van der Waals surface area (Å²) in [5.41, 5.74) is 3.56. The number of likely N-dealkylation sites (tertiary alicyclic amines) is 1. The van der Waals surface area contributed by atoms with Crippen molar-refractivity contribution in [3.63, 3.8) is 0 Å². The van der Waals surface area contributed by atoms with Gasteiger partial charge in [-0.15, -0.1) is 0 Å². The summed E-state index contributed by atoms with van der Waals surface area (Å²) in [4.78, 5) is 11.1. The molecule has 1 fully saturated rings. The number of nitrogens with zero attached hydrogens (tertiary/aromatic N) is 2. The standard InChI is InChI=1S/C30H34N6/c1-31-30(16-15-24-21-32-27-12-6-5-11-26(24)27)34-28(20-29(35-30)36-17-7-2-8-18-36)33-25-14-13-22-9-3-4-10-23(22)19-25/h3-6,9-14,19-21,31-34H,2,7-8,15-18H2,1H3. The molecule has 4 aromatic rings. The Hall–Kier alpha value is -3.77. The van der Waals surface area contributed by atoms with Gasteiger partial charge < -0.3 is 20.5 Å². The molecule has 4 N–H and O–H groups in total. The fraction of sp³-hybridized carbons (Fsp3) is 0.300. The first-order valence-electron chi connectivity index (χ1n) is 13.1. The first-order valence-corrected chi connectivity index (χ1v) is 13.1. The first kappa shape index (κ1) is 22.7. The normalized spacial score (nSPS) is 20.2. The van der Waals surface area contributed by atoms with Gasteiger partial charge in [0, 0.05) is 48.4 Å². The minimum Gasteiger partial charge on any atom is -0.361 e. The van der Waals surface area contributed by atoms with Crippen molar-refractivity contribution in [2.45, 2.75) is 37.9 Å². The molecule has 0 amide bonds. The molecule has 3 aromatic carbocycles. The maximum absolute atomic E-state index is 5.27. The molecular weight excluding hydrogens is 444 g/mol. The number of aryl methyl sites for hydroxylation is 1. The lowest BCUT2D eigenvalue weighted by molar-refractivity contribution is 0.273. The van der Waals surface area contributed by atoms with Crippen LogP contribution in [0.1, 0.15) is 31.2 Å². The van der Waals surface area contributed by atoms with Gasteiger partial charge in [0.15, 0.2) is 5.79 Å². The highest BCUT2D eigenvalue weighted by Crippen LogP contribution is 2.26. The molecule has 184 valence electrons. The summed E-state index contributed by atoms with van der Waals surface area (Å²) in [5, 5.41) is 14.6. The quantitative estimate of drug-likeness (QED) is 0.293. The second-order valence-corrected chi connectivity index (χ2v) is 9.86. The largest absolute Gasteiger partial charge is 0.361 e. The van der Waals surface area contributed by atoms with Crippen molar-refractivity contribution in [3.05, 3.63) is 90.4 Å². The van der Waals surface area contributed by atoms with Gasteiger partial charge in [-0.2, -0.15) is 0 Å². The summed E-state index contributed by atoms with van der Waals surface area (Å²) in [6, 6.07) is 23.5. The summed E-state index contributed by atoms with van der Waals surface area (Å²) in [6.07, 6.45) is 9.76. The highest BCUT2D eigenvalue weighted by atomic mass is 15.4. The Morgan fingerprint density at radius 1 is 0.944 bits per heavy atom. The maximum atomic E-state index is 5.27. The molecule has 3 heterocycles. The lowest BCUT2D eigenvalue weighted by atomic mass is 10.0. The zero-order valence-electron chi connectivity index (χ0n) is 20.8. The number of aromatic nitrogens is 1. The zero-order chi connectivity index (χ0) is 24.4. The molecule has 0 spiro atoms. The van der Waals surface area contributed by atoms with Crippen LogP contribution in [0.2, 0.25) is 0 Å². The number of anilines is 1. The Kier molecular flexibility index (Phi) is 6.11. The monoisotopic (exact) mass is 478 g/mol. The summed E-state index contributed by atoms with van der Waals surface area (Å²) < 4.78 is 0. The lowest BCUT2D eigenvalue weighted by Crippen LogP contribution is -2.58. The Labute approximate surface area is 212 Å². The minimum absolute atomic E-state index is 0.598. The van der Waals surface area contributed by atoms with Crippen molar-refractivity contribution in [2.75, 3.05) is 25.5 Å². The van der Waals surface area contributed by atoms with Gasteiger partial charge in [0.25, 0.3) is 0 Å². The van der Waals surface area contributed by atoms with Crippen LogP contribution in [0.15, 0.2) is 89.8 Å². The summed E-state index contributed by atoms with van der Waals surface area (Å²) in [5.74, 6) is 1.41. The van der Waals surface area contributed by atoms with Gasteiger partial charge in [-0.3, -0.25) is 5.32 Å². The number of fused-ring (bicyclic) bond motifs is 2. The van der Waals surface area contributed by atoms with E-state index >= 15 is 0 Å². The predicted molar refractivity (Wildman–Crippen MR) is 150 cm³/mol. The van der Waals surface area contributed by atoms with E-state index in [4.69, 9.17) is 4.99 Å². The molecule has 0 bridgehead atoms. The number of hydrogen-bond donors (Lipinski definition) is 4. The molecule has 6 heteroatoms. The first-order chi connectivity index (χ1) is 17.7. The molecule has 6 rings (SSSR count). The Balaban J connectivity index is 1.29. The summed E-state index contributed by atoms with van der Waals surface area (Å²) >= 11 is 0. The fourth-order valence-corrected chi connectivity index (χ4v) is 5.43. The number of aliphatic imine (C=N–C) groups is 1. The lowest BCUT2D eigenvalue weighted by Gasteiger charge is -2.39. The van der Waals surface area contributed by atoms with E-state index in [1.807, 2.05) is 7.05 Å². The van der Waals surface area contributed by atoms with Gasteiger partial charge in [0.05, 0.1) is 0 Å². The van der Waals surface area contributed by atoms with Crippen LogP contribution in [0.25, 0.3) is 21.7 Å². The van der Waals surface area contributed by atoms with Crippen LogP contribution >= 0.6 is 0 Å². The van der Waals surface area contributed by atoms with E-state index in [0.29, 0.717) is 0 Å². The molecule has 1 aromatic heterocycles. The molecule has 2 aliphatic heterocycles. The van der Waals surface area contributed by atoms with E-state index < -0.39 is 5.79 Å². The third-order valence-electron chi connectivity index (χ3n) is 7.47. The maximum Gasteiger partial charge on any atom is 0.188 e. The van der Waals surface area contributed by atoms with Crippen LogP contribution in [-0.2, 0) is 6.42 Å². The smallest absolute Gasteiger partial charge is 0.188 e. The molecule has 0 aliphatic carbocycles. The second-order valence-electron chi connectivity index (χ2n) is 9.86. The predicted octanol–water partition coefficient (Wildman–Crippen LogP) is 5.57. The highest BCUT2D eigenvalue weighted by Gasteiger charge is 2.33. The highest BCUT2D eigenvalue weighted by molar-refractivity contribution is 5.95. The van der Waals surface area contributed by atoms with E-state index in [1.165, 1.54) is 46.5 Å². The third-order valence-corrected chi connectivity index (χ3v) is 7.47. The topological polar surface area (TPSA) is 67.5 Å². The summed E-state index contributed by atoms with van der Waals surface area (Å²) in [7, 11) is 2.00. The van der Waals surface area contributed by atoms with E-state index in [-0.39, 0.29) is 0 Å². The van der Waals surface area contributed by atoms with Crippen molar-refractivity contribution in [3.8, 4) is 0 Å². The Morgan fingerprint density at radius 3 is 2.61 bits per heavy atom. The van der Waals surface area contributed by atoms with E-state index in [9.17, 15) is 0 Å². The molecule has 2 aliphatic rings. The average Bonchev–Trinajstić information content (AvgIpc) is 3.35. The van der Waals surface area contributed by atoms with Crippen LogP contribution in [-0.4, -0.2) is 41.6 Å². The zero-order valence-corrected chi connectivity index (χ0v) is 20.8. The number of H-pyrrole nitrogens is 1. The summed E-state index contributed by atoms with van der Waals surface area (Å²) in [6.45, 7) is 2.11. The van der Waals surface area contributed by atoms with E-state index in [1.54, 1.807) is 0 Å². The van der Waals surface area contributed by atoms with E-state index in [0.717, 1.165) is 43.3 Å². The molecule has 0 radical (unpaired) electrons. The van der Waals surface area contributed by atoms with Gasteiger partial charge in [-0.25, -0.2) is 4.99 Å². The van der Waals surface area contributed by atoms with Gasteiger partial charge in [-0.1, -0.05) is 48.5 Å². The van der Waals surface area contributed by atoms with Gasteiger partial charge in [0.1, 0.15) is 11.7 Å². The van der Waals surface area contributed by atoms with Crippen molar-refractivity contribution >= 4 is 33.2 Å². The molecule has 0 saturated carbocycles. The number of benzene rings is 3. The molecule has 6 nitrogen and oxygen atoms in total. The SMILES string of the molecule is CNC1(CCc2c[nH]c3ccccc23)N=C(N2CCCCC2)C=C(Nc2ccc3ccccc3c2)N1. The van der Waals surface area contributed by atoms with Gasteiger partial charge in [-0.05, 0) is 67.3 Å². The fourth-order valence-electron chi connectivity index (χ4n) is 5.43. The Morgan fingerprint density at radius 2 is 1.75 bits per heavy atom. The number of para-hydroxylation sites is 1. The number of rotatable bonds is 6. The molecule has 1 saturated heterocycles. The third kappa shape index (κ3) is 4.56. The van der Waals surface area contributed by atoms with Gasteiger partial charge >= 0.3 is 0 Å². The number of hydrogen-bond acceptors (Lipinski definition) is 5. The van der Waals surface area contributed by atoms with Crippen LogP contribution < -0.4 is 16.0 Å². The van der Waals surface area contributed by atoms with Crippen molar-refractivity contribution in [1.29, 1.82) is 0 Å². The van der Waals surface area contributed by atoms with Crippen LogP contribution in [0.4, 0.5) is 5.69 Å². The van der Waals surface area contributed by atoms with E-state index in [2.05, 4.69) is 105 Å². The number of aromatic amines is 1. The van der Waals surface area contributed by atoms with Crippen LogP contribution in [0.3, 0.4) is 0 Å². The van der Waals surface area contributed by atoms with Crippen LogP contribution in [0.5, 0.6) is 0 Å². The molecular formula is C30H34N6. The second kappa shape index (κ2) is 9.70. The number of amidine groups is 1. The number of piperidine rings is 1. The van der Waals surface area contributed by atoms with Crippen molar-refractivity contribution in [2.24, 2.45) is 4.99 Å². The van der Waals surface area contributed by atoms with Crippen LogP contribution in [0, 0.1) is 0 Å². The minimum atomic E-state index is -0.598.